The summed E-state index contributed by atoms with van der Waals surface area (Å²) in [6.45, 7) is 0.268. The molecule has 2 aliphatic carbocycles. The number of ketones is 1. The Labute approximate surface area is 106 Å². The van der Waals surface area contributed by atoms with Crippen molar-refractivity contribution in [3.63, 3.8) is 0 Å². The first-order valence-corrected chi connectivity index (χ1v) is 6.87. The molecule has 3 atom stereocenters. The van der Waals surface area contributed by atoms with Crippen LogP contribution in [-0.2, 0) is 4.79 Å². The Balaban J connectivity index is 1.82. The minimum Gasteiger partial charge on any atom is -0.396 e. The van der Waals surface area contributed by atoms with E-state index in [1.54, 1.807) is 0 Å². The molecule has 0 amide bonds. The molecule has 2 nitrogen and oxygen atoms in total. The van der Waals surface area contributed by atoms with Crippen molar-refractivity contribution in [1.29, 1.82) is 0 Å². The normalized spacial score (nSPS) is 35.9. The summed E-state index contributed by atoms with van der Waals surface area (Å²) in [6.07, 6.45) is 6.17. The fraction of sp³-hybridized carbons (Fsp3) is 0.917. The van der Waals surface area contributed by atoms with Gasteiger partial charge in [-0.2, -0.15) is 0 Å². The van der Waals surface area contributed by atoms with Crippen LogP contribution in [0.25, 0.3) is 0 Å². The molecule has 2 rings (SSSR count). The summed E-state index contributed by atoms with van der Waals surface area (Å²) < 4.78 is -1.09. The molecule has 0 aromatic carbocycles. The van der Waals surface area contributed by atoms with Crippen molar-refractivity contribution in [1.82, 2.24) is 0 Å². The minimum absolute atomic E-state index is 0.0405. The van der Waals surface area contributed by atoms with E-state index in [-0.39, 0.29) is 24.2 Å². The van der Waals surface area contributed by atoms with Crippen molar-refractivity contribution < 1.29 is 9.90 Å². The maximum absolute atomic E-state index is 11.6. The molecule has 2 fully saturated rings. The second-order valence-corrected chi connectivity index (χ2v) is 6.42. The summed E-state index contributed by atoms with van der Waals surface area (Å²) in [6, 6.07) is 0. The first-order chi connectivity index (χ1) is 7.59. The van der Waals surface area contributed by atoms with Gasteiger partial charge in [0.25, 0.3) is 0 Å². The minimum atomic E-state index is -1.09. The van der Waals surface area contributed by atoms with Crippen LogP contribution in [0.15, 0.2) is 0 Å². The molecule has 0 aromatic heterocycles. The maximum atomic E-state index is 11.6. The van der Waals surface area contributed by atoms with Gasteiger partial charge in [-0.15, -0.1) is 0 Å². The topological polar surface area (TPSA) is 37.3 Å². The highest BCUT2D eigenvalue weighted by atomic mass is 35.5. The maximum Gasteiger partial charge on any atom is 0.179 e. The SMILES string of the molecule is O=C1C2CCC(CCCCCO)C2C1(Cl)Cl. The highest BCUT2D eigenvalue weighted by Crippen LogP contribution is 2.60. The van der Waals surface area contributed by atoms with Crippen LogP contribution >= 0.6 is 23.2 Å². The molecule has 92 valence electrons. The Morgan fingerprint density at radius 3 is 2.69 bits per heavy atom. The number of unbranched alkanes of at least 4 members (excludes halogenated alkanes) is 2. The molecule has 1 N–H and O–H groups in total. The third kappa shape index (κ3) is 2.00. The number of rotatable bonds is 5. The lowest BCUT2D eigenvalue weighted by Gasteiger charge is -2.44. The van der Waals surface area contributed by atoms with Crippen molar-refractivity contribution in [2.45, 2.75) is 42.9 Å². The van der Waals surface area contributed by atoms with Gasteiger partial charge in [-0.05, 0) is 25.2 Å². The summed E-state index contributed by atoms with van der Waals surface area (Å²) in [5.41, 5.74) is 0. The fourth-order valence-electron chi connectivity index (χ4n) is 3.26. The Bertz CT molecular complexity index is 278. The monoisotopic (exact) mass is 264 g/mol. The number of halogens is 2. The zero-order chi connectivity index (χ0) is 11.8. The average Bonchev–Trinajstić information content (AvgIpc) is 2.66. The molecule has 0 heterocycles. The molecule has 2 aliphatic rings. The third-order valence-electron chi connectivity index (χ3n) is 4.11. The van der Waals surface area contributed by atoms with Crippen LogP contribution in [0.5, 0.6) is 0 Å². The molecule has 3 unspecified atom stereocenters. The average molecular weight is 265 g/mol. The quantitative estimate of drug-likeness (QED) is 0.613. The van der Waals surface area contributed by atoms with Gasteiger partial charge in [0, 0.05) is 18.4 Å². The smallest absolute Gasteiger partial charge is 0.179 e. The molecule has 0 bridgehead atoms. The molecule has 0 radical (unpaired) electrons. The predicted molar refractivity (Wildman–Crippen MR) is 64.7 cm³/mol. The van der Waals surface area contributed by atoms with Crippen LogP contribution in [0, 0.1) is 17.8 Å². The molecular weight excluding hydrogens is 247 g/mol. The Morgan fingerprint density at radius 1 is 1.25 bits per heavy atom. The van der Waals surface area contributed by atoms with Gasteiger partial charge in [-0.1, -0.05) is 42.5 Å². The lowest BCUT2D eigenvalue weighted by atomic mass is 9.69. The summed E-state index contributed by atoms with van der Waals surface area (Å²) in [5, 5.41) is 8.69. The Kier molecular flexibility index (Phi) is 3.82. The summed E-state index contributed by atoms with van der Waals surface area (Å²) in [7, 11) is 0. The molecule has 16 heavy (non-hydrogen) atoms. The lowest BCUT2D eigenvalue weighted by molar-refractivity contribution is -0.135. The van der Waals surface area contributed by atoms with Crippen molar-refractivity contribution in [2.75, 3.05) is 6.61 Å². The van der Waals surface area contributed by atoms with E-state index in [4.69, 9.17) is 28.3 Å². The summed E-state index contributed by atoms with van der Waals surface area (Å²) in [4.78, 5) is 11.6. The molecule has 0 aromatic rings. The summed E-state index contributed by atoms with van der Waals surface area (Å²) in [5.74, 6) is 0.880. The number of hydrogen-bond acceptors (Lipinski definition) is 2. The van der Waals surface area contributed by atoms with Crippen LogP contribution in [0.2, 0.25) is 0 Å². The summed E-state index contributed by atoms with van der Waals surface area (Å²) >= 11 is 12.1. The first-order valence-electron chi connectivity index (χ1n) is 6.12. The van der Waals surface area contributed by atoms with Gasteiger partial charge in [0.2, 0.25) is 0 Å². The van der Waals surface area contributed by atoms with Crippen molar-refractivity contribution >= 4 is 29.0 Å². The van der Waals surface area contributed by atoms with E-state index in [9.17, 15) is 4.79 Å². The molecular formula is C12H18Cl2O2. The second-order valence-electron chi connectivity index (χ2n) is 5.03. The molecule has 0 aliphatic heterocycles. The number of hydrogen-bond donors (Lipinski definition) is 1. The van der Waals surface area contributed by atoms with E-state index in [1.807, 2.05) is 0 Å². The van der Waals surface area contributed by atoms with E-state index < -0.39 is 4.33 Å². The van der Waals surface area contributed by atoms with Gasteiger partial charge < -0.3 is 5.11 Å². The molecule has 2 saturated carbocycles. The van der Waals surface area contributed by atoms with Crippen LogP contribution in [0.1, 0.15) is 38.5 Å². The molecule has 4 heteroatoms. The van der Waals surface area contributed by atoms with Gasteiger partial charge in [-0.3, -0.25) is 4.79 Å². The number of alkyl halides is 2. The lowest BCUT2D eigenvalue weighted by Crippen LogP contribution is -2.55. The highest BCUT2D eigenvalue weighted by Gasteiger charge is 2.64. The highest BCUT2D eigenvalue weighted by molar-refractivity contribution is 6.60. The first kappa shape index (κ1) is 12.7. The molecule has 0 saturated heterocycles. The van der Waals surface area contributed by atoms with Gasteiger partial charge in [-0.25, -0.2) is 0 Å². The Morgan fingerprint density at radius 2 is 2.00 bits per heavy atom. The largest absolute Gasteiger partial charge is 0.396 e. The van der Waals surface area contributed by atoms with Gasteiger partial charge in [0.05, 0.1) is 0 Å². The van der Waals surface area contributed by atoms with Crippen LogP contribution in [0.3, 0.4) is 0 Å². The van der Waals surface area contributed by atoms with Gasteiger partial charge in [0.15, 0.2) is 10.1 Å². The van der Waals surface area contributed by atoms with Crippen LogP contribution in [0.4, 0.5) is 0 Å². The Hall–Kier alpha value is 0.210. The van der Waals surface area contributed by atoms with Crippen molar-refractivity contribution in [3.8, 4) is 0 Å². The number of aliphatic hydroxyl groups excluding tert-OH is 1. The van der Waals surface area contributed by atoms with E-state index in [0.717, 1.165) is 38.5 Å². The van der Waals surface area contributed by atoms with E-state index in [0.29, 0.717) is 5.92 Å². The van der Waals surface area contributed by atoms with Crippen LogP contribution in [-0.4, -0.2) is 21.8 Å². The number of Topliss-reactive ketones (excluding diaryl/α,β-unsaturated/α-hetero) is 1. The number of fused-ring (bicyclic) bond motifs is 1. The van der Waals surface area contributed by atoms with Crippen LogP contribution < -0.4 is 0 Å². The second kappa shape index (κ2) is 4.83. The number of carbonyl (C=O) groups is 1. The number of aliphatic hydroxyl groups is 1. The zero-order valence-corrected chi connectivity index (χ0v) is 10.8. The van der Waals surface area contributed by atoms with Crippen molar-refractivity contribution in [2.24, 2.45) is 17.8 Å². The van der Waals surface area contributed by atoms with Gasteiger partial charge in [0.1, 0.15) is 0 Å². The fourth-order valence-corrected chi connectivity index (χ4v) is 4.20. The number of carbonyl (C=O) groups excluding carboxylic acids is 1. The third-order valence-corrected chi connectivity index (χ3v) is 4.98. The van der Waals surface area contributed by atoms with Crippen molar-refractivity contribution in [3.05, 3.63) is 0 Å². The van der Waals surface area contributed by atoms with E-state index in [2.05, 4.69) is 0 Å². The van der Waals surface area contributed by atoms with E-state index >= 15 is 0 Å². The predicted octanol–water partition coefficient (Wildman–Crippen LogP) is 2.94. The molecule has 0 spiro atoms. The van der Waals surface area contributed by atoms with E-state index in [1.165, 1.54) is 0 Å². The van der Waals surface area contributed by atoms with Gasteiger partial charge >= 0.3 is 0 Å². The zero-order valence-electron chi connectivity index (χ0n) is 9.29. The standard InChI is InChI=1S/C12H18Cl2O2/c13-12(14)10-8(4-2-1-3-7-15)5-6-9(10)11(12)16/h8-10,15H,1-7H2.